The van der Waals surface area contributed by atoms with Gasteiger partial charge in [-0.15, -0.1) is 0 Å². The minimum Gasteiger partial charge on any atom is -0.357 e. The summed E-state index contributed by atoms with van der Waals surface area (Å²) >= 11 is 0. The van der Waals surface area contributed by atoms with Crippen LogP contribution in [0.3, 0.4) is 0 Å². The first-order valence-corrected chi connectivity index (χ1v) is 7.77. The number of aromatic nitrogens is 2. The van der Waals surface area contributed by atoms with E-state index in [1.807, 2.05) is 13.6 Å². The van der Waals surface area contributed by atoms with Gasteiger partial charge in [0.15, 0.2) is 0 Å². The molecule has 0 saturated carbocycles. The molecule has 1 aromatic heterocycles. The molecule has 2 rings (SSSR count). The highest BCUT2D eigenvalue weighted by Gasteiger charge is 2.36. The zero-order valence-electron chi connectivity index (χ0n) is 11.3. The van der Waals surface area contributed by atoms with E-state index in [1.165, 1.54) is 4.57 Å². The van der Waals surface area contributed by atoms with E-state index < -0.39 is 5.69 Å². The van der Waals surface area contributed by atoms with Crippen LogP contribution in [0.4, 0.5) is 0 Å². The maximum absolute atomic E-state index is 11.8. The van der Waals surface area contributed by atoms with Gasteiger partial charge in [-0.05, 0) is 20.0 Å². The number of aromatic amines is 1. The van der Waals surface area contributed by atoms with Crippen LogP contribution in [-0.4, -0.2) is 28.4 Å². The van der Waals surface area contributed by atoms with Gasteiger partial charge in [-0.1, -0.05) is 6.92 Å². The summed E-state index contributed by atoms with van der Waals surface area (Å²) in [6.07, 6.45) is 2.66. The molecule has 0 radical (unpaired) electrons. The maximum Gasteiger partial charge on any atom is 0.330 e. The lowest BCUT2D eigenvalue weighted by Crippen LogP contribution is -2.33. The molecule has 0 aliphatic carbocycles. The van der Waals surface area contributed by atoms with Crippen LogP contribution in [-0.2, 0) is 9.26 Å². The number of aryl methyl sites for hydroxylation is 1. The lowest BCUT2D eigenvalue weighted by atomic mass is 10.1. The number of rotatable bonds is 4. The molecule has 0 amide bonds. The fourth-order valence-corrected chi connectivity index (χ4v) is 2.86. The molecule has 7 heteroatoms. The summed E-state index contributed by atoms with van der Waals surface area (Å²) in [5.41, 5.74) is -0.290. The second kappa shape index (κ2) is 5.99. The Hall–Kier alpha value is -0.970. The molecule has 6 nitrogen and oxygen atoms in total. The summed E-state index contributed by atoms with van der Waals surface area (Å²) in [7, 11) is 0.396. The topological polar surface area (TPSA) is 73.3 Å². The van der Waals surface area contributed by atoms with Crippen LogP contribution in [0.2, 0.25) is 0 Å². The third kappa shape index (κ3) is 2.96. The van der Waals surface area contributed by atoms with Crippen molar-refractivity contribution in [1.82, 2.24) is 9.55 Å². The number of hydrogen-bond donors (Lipinski definition) is 1. The largest absolute Gasteiger partial charge is 0.357 e. The second-order valence-corrected chi connectivity index (χ2v) is 5.26. The summed E-state index contributed by atoms with van der Waals surface area (Å²) in [4.78, 5) is 25.5. The summed E-state index contributed by atoms with van der Waals surface area (Å²) in [5.74, 6) is 0. The zero-order chi connectivity index (χ0) is 14.0. The lowest BCUT2D eigenvalue weighted by Gasteiger charge is -2.16. The van der Waals surface area contributed by atoms with E-state index in [9.17, 15) is 9.59 Å². The number of ether oxygens (including phenoxy) is 1. The Labute approximate surface area is 113 Å². The number of hydrogen-bond acceptors (Lipinski definition) is 4. The fraction of sp³-hybridized carbons (Fsp3) is 0.667. The Morgan fingerprint density at radius 1 is 1.58 bits per heavy atom. The number of H-pyrrole nitrogens is 1. The standard InChI is InChI=1S/C12H19N2O4P/c1-4-8-9(18-19-3)5-10(17-8)14-6-7(2)11(15)13-12(14)16/h6,8-10,19H,4-5H2,1-3H3,(H,13,15,16)/t8-,9?,10+/m1/s1. The first-order chi connectivity index (χ1) is 9.06. The molecule has 4 atom stereocenters. The van der Waals surface area contributed by atoms with Gasteiger partial charge in [-0.2, -0.15) is 0 Å². The Morgan fingerprint density at radius 2 is 2.32 bits per heavy atom. The maximum atomic E-state index is 11.8. The molecular weight excluding hydrogens is 267 g/mol. The highest BCUT2D eigenvalue weighted by molar-refractivity contribution is 7.31. The predicted molar refractivity (Wildman–Crippen MR) is 74.0 cm³/mol. The van der Waals surface area contributed by atoms with Gasteiger partial charge in [0.2, 0.25) is 0 Å². The minimum atomic E-state index is -0.435. The van der Waals surface area contributed by atoms with Crippen LogP contribution < -0.4 is 11.2 Å². The van der Waals surface area contributed by atoms with E-state index in [2.05, 4.69) is 4.98 Å². The smallest absolute Gasteiger partial charge is 0.330 e. The van der Waals surface area contributed by atoms with E-state index >= 15 is 0 Å². The van der Waals surface area contributed by atoms with Crippen molar-refractivity contribution >= 4 is 8.81 Å². The predicted octanol–water partition coefficient (Wildman–Crippen LogP) is 1.15. The van der Waals surface area contributed by atoms with Crippen LogP contribution in [0.15, 0.2) is 15.8 Å². The quantitative estimate of drug-likeness (QED) is 0.843. The number of nitrogens with zero attached hydrogens (tertiary/aromatic N) is 1. The molecule has 0 aromatic carbocycles. The first-order valence-electron chi connectivity index (χ1n) is 6.36. The third-order valence-corrected chi connectivity index (χ3v) is 3.85. The van der Waals surface area contributed by atoms with Gasteiger partial charge < -0.3 is 9.26 Å². The van der Waals surface area contributed by atoms with E-state index in [4.69, 9.17) is 9.26 Å². The molecule has 1 aromatic rings. The molecule has 1 aliphatic heterocycles. The molecule has 1 aliphatic rings. The average Bonchev–Trinajstić information content (AvgIpc) is 2.77. The van der Waals surface area contributed by atoms with Gasteiger partial charge in [-0.3, -0.25) is 14.3 Å². The van der Waals surface area contributed by atoms with E-state index in [0.29, 0.717) is 20.8 Å². The number of nitrogens with one attached hydrogen (secondary N) is 1. The molecule has 1 fully saturated rings. The van der Waals surface area contributed by atoms with E-state index in [0.717, 1.165) is 6.42 Å². The average molecular weight is 286 g/mol. The van der Waals surface area contributed by atoms with Crippen LogP contribution in [0, 0.1) is 6.92 Å². The van der Waals surface area contributed by atoms with E-state index in [1.54, 1.807) is 13.1 Å². The van der Waals surface area contributed by atoms with Crippen molar-refractivity contribution in [2.24, 2.45) is 0 Å². The monoisotopic (exact) mass is 286 g/mol. The van der Waals surface area contributed by atoms with Crippen molar-refractivity contribution in [2.45, 2.75) is 45.1 Å². The van der Waals surface area contributed by atoms with E-state index in [-0.39, 0.29) is 24.0 Å². The SMILES string of the molecule is CC[C@H]1O[C@H](n2cc(C)c(=O)[nH]c2=O)CC1OPC. The van der Waals surface area contributed by atoms with Gasteiger partial charge in [0, 0.05) is 27.0 Å². The summed E-state index contributed by atoms with van der Waals surface area (Å²) < 4.78 is 13.0. The van der Waals surface area contributed by atoms with Gasteiger partial charge in [-0.25, -0.2) is 4.79 Å². The third-order valence-electron chi connectivity index (χ3n) is 3.31. The minimum absolute atomic E-state index is 0.00316. The highest BCUT2D eigenvalue weighted by Crippen LogP contribution is 2.34. The van der Waals surface area contributed by atoms with Crippen molar-refractivity contribution in [1.29, 1.82) is 0 Å². The zero-order valence-corrected chi connectivity index (χ0v) is 12.3. The fourth-order valence-electron chi connectivity index (χ4n) is 2.31. The van der Waals surface area contributed by atoms with Crippen molar-refractivity contribution in [3.05, 3.63) is 32.6 Å². The van der Waals surface area contributed by atoms with Crippen LogP contribution >= 0.6 is 8.81 Å². The van der Waals surface area contributed by atoms with Gasteiger partial charge in [0.25, 0.3) is 5.56 Å². The molecule has 2 heterocycles. The molecule has 1 saturated heterocycles. The molecule has 0 bridgehead atoms. The second-order valence-electron chi connectivity index (χ2n) is 4.61. The summed E-state index contributed by atoms with van der Waals surface area (Å²) in [5, 5.41) is 0. The van der Waals surface area contributed by atoms with Gasteiger partial charge in [0.05, 0.1) is 12.2 Å². The Bertz CT molecular complexity index is 553. The normalized spacial score (nSPS) is 27.4. The highest BCUT2D eigenvalue weighted by atomic mass is 31.1. The van der Waals surface area contributed by atoms with Gasteiger partial charge in [0.1, 0.15) is 6.23 Å². The molecule has 1 N–H and O–H groups in total. The Morgan fingerprint density at radius 3 is 2.95 bits per heavy atom. The molecule has 2 unspecified atom stereocenters. The first kappa shape index (κ1) is 14.4. The van der Waals surface area contributed by atoms with Crippen molar-refractivity contribution in [3.8, 4) is 0 Å². The summed E-state index contributed by atoms with van der Waals surface area (Å²) in [6, 6.07) is 0. The van der Waals surface area contributed by atoms with Crippen molar-refractivity contribution in [3.63, 3.8) is 0 Å². The molecular formula is C12H19N2O4P. The van der Waals surface area contributed by atoms with Crippen LogP contribution in [0.5, 0.6) is 0 Å². The Kier molecular flexibility index (Phi) is 4.55. The molecule has 19 heavy (non-hydrogen) atoms. The van der Waals surface area contributed by atoms with Crippen LogP contribution in [0.1, 0.15) is 31.6 Å². The lowest BCUT2D eigenvalue weighted by molar-refractivity contribution is -0.0164. The van der Waals surface area contributed by atoms with Crippen molar-refractivity contribution in [2.75, 3.05) is 6.66 Å². The van der Waals surface area contributed by atoms with Crippen LogP contribution in [0.25, 0.3) is 0 Å². The Balaban J connectivity index is 2.27. The van der Waals surface area contributed by atoms with Crippen molar-refractivity contribution < 1.29 is 9.26 Å². The van der Waals surface area contributed by atoms with Gasteiger partial charge >= 0.3 is 5.69 Å². The molecule has 106 valence electrons. The molecule has 0 spiro atoms. The summed E-state index contributed by atoms with van der Waals surface area (Å²) in [6.45, 7) is 5.67.